The molecule has 0 radical (unpaired) electrons. The number of aliphatic carboxylic acids is 1. The number of carboxylic acid groups (broad SMARTS) is 1. The van der Waals surface area contributed by atoms with Crippen molar-refractivity contribution in [3.63, 3.8) is 0 Å². The maximum atomic E-state index is 11.6. The smallest absolute Gasteiger partial charge is 0.303 e. The zero-order valence-electron chi connectivity index (χ0n) is 9.51. The molecule has 1 aromatic rings. The highest BCUT2D eigenvalue weighted by atomic mass is 16.4. The van der Waals surface area contributed by atoms with E-state index in [-0.39, 0.29) is 24.8 Å². The standard InChI is InChI=1S/C10H16N4O3/c1-6(9-12-4-5-13-9)14-10(17)7(11)2-3-8(15)16/h4-7H,2-3,11H2,1H3,(H,12,13)(H,14,17)(H,15,16)/t6?,7-/m0/s1. The number of aromatic amines is 1. The fraction of sp³-hybridized carbons (Fsp3) is 0.500. The van der Waals surface area contributed by atoms with E-state index in [4.69, 9.17) is 10.8 Å². The van der Waals surface area contributed by atoms with Crippen LogP contribution in [0.25, 0.3) is 0 Å². The normalized spacial score (nSPS) is 14.0. The molecule has 1 heterocycles. The van der Waals surface area contributed by atoms with Gasteiger partial charge in [0.1, 0.15) is 5.82 Å². The summed E-state index contributed by atoms with van der Waals surface area (Å²) >= 11 is 0. The van der Waals surface area contributed by atoms with E-state index in [1.54, 1.807) is 19.3 Å². The summed E-state index contributed by atoms with van der Waals surface area (Å²) in [6, 6.07) is -1.10. The van der Waals surface area contributed by atoms with Crippen LogP contribution in [0.2, 0.25) is 0 Å². The lowest BCUT2D eigenvalue weighted by molar-refractivity contribution is -0.137. The van der Waals surface area contributed by atoms with E-state index in [9.17, 15) is 9.59 Å². The first-order valence-corrected chi connectivity index (χ1v) is 5.27. The number of hydrogen-bond acceptors (Lipinski definition) is 4. The summed E-state index contributed by atoms with van der Waals surface area (Å²) in [6.45, 7) is 1.76. The molecule has 5 N–H and O–H groups in total. The van der Waals surface area contributed by atoms with Gasteiger partial charge in [0.2, 0.25) is 5.91 Å². The molecular weight excluding hydrogens is 224 g/mol. The topological polar surface area (TPSA) is 121 Å². The fourth-order valence-electron chi connectivity index (χ4n) is 1.31. The summed E-state index contributed by atoms with van der Waals surface area (Å²) in [7, 11) is 0. The van der Waals surface area contributed by atoms with Gasteiger partial charge in [0.15, 0.2) is 0 Å². The first-order chi connectivity index (χ1) is 8.00. The molecular formula is C10H16N4O3. The Hall–Kier alpha value is -1.89. The first-order valence-electron chi connectivity index (χ1n) is 5.27. The quantitative estimate of drug-likeness (QED) is 0.547. The van der Waals surface area contributed by atoms with Crippen LogP contribution in [0.3, 0.4) is 0 Å². The van der Waals surface area contributed by atoms with Crippen LogP contribution in [-0.4, -0.2) is 33.0 Å². The molecule has 0 aromatic carbocycles. The second kappa shape index (κ2) is 6.00. The summed E-state index contributed by atoms with van der Waals surface area (Å²) < 4.78 is 0. The van der Waals surface area contributed by atoms with Gasteiger partial charge >= 0.3 is 5.97 Å². The van der Waals surface area contributed by atoms with Gasteiger partial charge in [-0.25, -0.2) is 4.98 Å². The predicted molar refractivity (Wildman–Crippen MR) is 60.0 cm³/mol. The number of nitrogens with two attached hydrogens (primary N) is 1. The lowest BCUT2D eigenvalue weighted by Crippen LogP contribution is -2.42. The molecule has 1 aromatic heterocycles. The zero-order chi connectivity index (χ0) is 12.8. The highest BCUT2D eigenvalue weighted by molar-refractivity contribution is 5.82. The maximum Gasteiger partial charge on any atom is 0.303 e. The van der Waals surface area contributed by atoms with Crippen molar-refractivity contribution in [2.24, 2.45) is 5.73 Å². The minimum absolute atomic E-state index is 0.117. The fourth-order valence-corrected chi connectivity index (χ4v) is 1.31. The average molecular weight is 240 g/mol. The summed E-state index contributed by atoms with van der Waals surface area (Å²) in [5, 5.41) is 11.1. The Morgan fingerprint density at radius 3 is 2.88 bits per heavy atom. The molecule has 7 nitrogen and oxygen atoms in total. The molecule has 2 atom stereocenters. The summed E-state index contributed by atoms with van der Waals surface area (Å²) in [5.41, 5.74) is 5.56. The molecule has 0 aliphatic rings. The number of nitrogens with zero attached hydrogens (tertiary/aromatic N) is 1. The highest BCUT2D eigenvalue weighted by Crippen LogP contribution is 2.06. The van der Waals surface area contributed by atoms with Gasteiger partial charge in [-0.3, -0.25) is 9.59 Å². The third-order valence-corrected chi connectivity index (χ3v) is 2.29. The number of H-pyrrole nitrogens is 1. The molecule has 7 heteroatoms. The van der Waals surface area contributed by atoms with E-state index in [2.05, 4.69) is 15.3 Å². The van der Waals surface area contributed by atoms with Gasteiger partial charge < -0.3 is 21.1 Å². The van der Waals surface area contributed by atoms with Gasteiger partial charge in [0.05, 0.1) is 12.1 Å². The summed E-state index contributed by atoms with van der Waals surface area (Å²) in [5.74, 6) is -0.716. The first kappa shape index (κ1) is 13.2. The lowest BCUT2D eigenvalue weighted by atomic mass is 10.1. The molecule has 0 fully saturated rings. The number of aromatic nitrogens is 2. The van der Waals surface area contributed by atoms with Crippen molar-refractivity contribution in [1.82, 2.24) is 15.3 Å². The SMILES string of the molecule is CC(NC(=O)[C@@H](N)CCC(=O)O)c1ncc[nH]1. The monoisotopic (exact) mass is 240 g/mol. The van der Waals surface area contributed by atoms with Crippen molar-refractivity contribution < 1.29 is 14.7 Å². The molecule has 0 spiro atoms. The number of carboxylic acids is 1. The van der Waals surface area contributed by atoms with Gasteiger partial charge in [-0.05, 0) is 13.3 Å². The number of hydrogen-bond donors (Lipinski definition) is 4. The third kappa shape index (κ3) is 4.23. The molecule has 94 valence electrons. The largest absolute Gasteiger partial charge is 0.481 e. The molecule has 1 amide bonds. The van der Waals surface area contributed by atoms with E-state index in [1.165, 1.54) is 0 Å². The van der Waals surface area contributed by atoms with E-state index in [1.807, 2.05) is 0 Å². The van der Waals surface area contributed by atoms with Gasteiger partial charge in [-0.1, -0.05) is 0 Å². The number of rotatable bonds is 6. The van der Waals surface area contributed by atoms with E-state index < -0.39 is 12.0 Å². The van der Waals surface area contributed by atoms with E-state index in [0.29, 0.717) is 5.82 Å². The Morgan fingerprint density at radius 2 is 2.35 bits per heavy atom. The van der Waals surface area contributed by atoms with Crippen LogP contribution in [-0.2, 0) is 9.59 Å². The number of nitrogens with one attached hydrogen (secondary N) is 2. The Labute approximate surface area is 98.4 Å². The Bertz CT molecular complexity index is 377. The van der Waals surface area contributed by atoms with Gasteiger partial charge in [0.25, 0.3) is 0 Å². The number of imidazole rings is 1. The van der Waals surface area contributed by atoms with Crippen LogP contribution in [0, 0.1) is 0 Å². The number of carbonyl (C=O) groups excluding carboxylic acids is 1. The minimum atomic E-state index is -0.965. The zero-order valence-corrected chi connectivity index (χ0v) is 9.51. The average Bonchev–Trinajstić information content (AvgIpc) is 2.78. The van der Waals surface area contributed by atoms with Crippen LogP contribution in [0.4, 0.5) is 0 Å². The highest BCUT2D eigenvalue weighted by Gasteiger charge is 2.18. The summed E-state index contributed by atoms with van der Waals surface area (Å²) in [4.78, 5) is 28.8. The van der Waals surface area contributed by atoms with Crippen molar-refractivity contribution in [3.05, 3.63) is 18.2 Å². The summed E-state index contributed by atoms with van der Waals surface area (Å²) in [6.07, 6.45) is 3.24. The van der Waals surface area contributed by atoms with Crippen LogP contribution < -0.4 is 11.1 Å². The second-order valence-electron chi connectivity index (χ2n) is 3.74. The van der Waals surface area contributed by atoms with Crippen molar-refractivity contribution in [2.75, 3.05) is 0 Å². The number of carbonyl (C=O) groups is 2. The van der Waals surface area contributed by atoms with Crippen molar-refractivity contribution in [2.45, 2.75) is 31.8 Å². The Kier molecular flexibility index (Phi) is 4.65. The van der Waals surface area contributed by atoms with E-state index in [0.717, 1.165) is 0 Å². The van der Waals surface area contributed by atoms with Gasteiger partial charge in [-0.2, -0.15) is 0 Å². The van der Waals surface area contributed by atoms with Gasteiger partial charge in [-0.15, -0.1) is 0 Å². The van der Waals surface area contributed by atoms with Crippen molar-refractivity contribution in [1.29, 1.82) is 0 Å². The van der Waals surface area contributed by atoms with E-state index >= 15 is 0 Å². The Morgan fingerprint density at radius 1 is 1.65 bits per heavy atom. The molecule has 0 saturated carbocycles. The van der Waals surface area contributed by atoms with Crippen LogP contribution >= 0.6 is 0 Å². The maximum absolute atomic E-state index is 11.6. The van der Waals surface area contributed by atoms with Crippen LogP contribution in [0.15, 0.2) is 12.4 Å². The molecule has 0 saturated heterocycles. The molecule has 17 heavy (non-hydrogen) atoms. The third-order valence-electron chi connectivity index (χ3n) is 2.29. The number of amides is 1. The lowest BCUT2D eigenvalue weighted by Gasteiger charge is -2.15. The van der Waals surface area contributed by atoms with Gasteiger partial charge in [0, 0.05) is 18.8 Å². The van der Waals surface area contributed by atoms with Crippen LogP contribution in [0.1, 0.15) is 31.6 Å². The molecule has 0 aliphatic heterocycles. The van der Waals surface area contributed by atoms with Crippen molar-refractivity contribution in [3.8, 4) is 0 Å². The molecule has 0 aliphatic carbocycles. The molecule has 0 bridgehead atoms. The molecule has 1 unspecified atom stereocenters. The van der Waals surface area contributed by atoms with Crippen molar-refractivity contribution >= 4 is 11.9 Å². The molecule has 1 rings (SSSR count). The van der Waals surface area contributed by atoms with Crippen LogP contribution in [0.5, 0.6) is 0 Å². The minimum Gasteiger partial charge on any atom is -0.481 e. The predicted octanol–water partition coefficient (Wildman–Crippen LogP) is -0.221. The second-order valence-corrected chi connectivity index (χ2v) is 3.74. The Balaban J connectivity index is 2.40.